The molecule has 1 aliphatic heterocycles. The van der Waals surface area contributed by atoms with E-state index in [1.54, 1.807) is 0 Å². The zero-order valence-corrected chi connectivity index (χ0v) is 8.31. The quantitative estimate of drug-likeness (QED) is 0.682. The molecular weight excluding hydrogens is 150 g/mol. The van der Waals surface area contributed by atoms with Crippen LogP contribution in [0.1, 0.15) is 39.0 Å². The van der Waals surface area contributed by atoms with Gasteiger partial charge in [-0.15, -0.1) is 0 Å². The van der Waals surface area contributed by atoms with Gasteiger partial charge in [0.25, 0.3) is 0 Å². The summed E-state index contributed by atoms with van der Waals surface area (Å²) < 4.78 is 5.64. The maximum atomic E-state index is 5.64. The lowest BCUT2D eigenvalue weighted by molar-refractivity contribution is 0.0774. The summed E-state index contributed by atoms with van der Waals surface area (Å²) in [4.78, 5) is 0. The van der Waals surface area contributed by atoms with Crippen LogP contribution in [0.3, 0.4) is 0 Å². The number of ether oxygens (including phenoxy) is 1. The molecule has 2 heteroatoms. The Hall–Kier alpha value is -0.0800. The Balaban J connectivity index is 2.22. The minimum absolute atomic E-state index is 0.488. The zero-order chi connectivity index (χ0) is 8.81. The highest BCUT2D eigenvalue weighted by Gasteiger charge is 2.23. The maximum absolute atomic E-state index is 5.64. The van der Waals surface area contributed by atoms with E-state index in [0.717, 1.165) is 6.61 Å². The molecule has 1 aliphatic rings. The highest BCUT2D eigenvalue weighted by Crippen LogP contribution is 2.18. The second-order valence-electron chi connectivity index (χ2n) is 3.59. The molecule has 1 heterocycles. The van der Waals surface area contributed by atoms with E-state index in [0.29, 0.717) is 12.1 Å². The van der Waals surface area contributed by atoms with Crippen molar-refractivity contribution in [3.05, 3.63) is 0 Å². The van der Waals surface area contributed by atoms with Crippen LogP contribution in [0.2, 0.25) is 0 Å². The van der Waals surface area contributed by atoms with Crippen LogP contribution in [0.25, 0.3) is 0 Å². The van der Waals surface area contributed by atoms with Crippen molar-refractivity contribution in [3.63, 3.8) is 0 Å². The van der Waals surface area contributed by atoms with Crippen LogP contribution < -0.4 is 5.32 Å². The summed E-state index contributed by atoms with van der Waals surface area (Å²) >= 11 is 0. The van der Waals surface area contributed by atoms with Crippen molar-refractivity contribution in [2.24, 2.45) is 0 Å². The van der Waals surface area contributed by atoms with E-state index in [2.05, 4.69) is 12.2 Å². The summed E-state index contributed by atoms with van der Waals surface area (Å²) in [5.74, 6) is 0. The summed E-state index contributed by atoms with van der Waals surface area (Å²) in [6.07, 6.45) is 6.83. The first-order valence-corrected chi connectivity index (χ1v) is 5.17. The first-order chi connectivity index (χ1) is 5.88. The molecule has 0 bridgehead atoms. The van der Waals surface area contributed by atoms with E-state index < -0.39 is 0 Å². The number of nitrogens with one attached hydrogen (secondary N) is 1. The molecule has 0 spiro atoms. The first-order valence-electron chi connectivity index (χ1n) is 5.17. The van der Waals surface area contributed by atoms with Crippen LogP contribution in [0.5, 0.6) is 0 Å². The van der Waals surface area contributed by atoms with Gasteiger partial charge in [-0.3, -0.25) is 0 Å². The van der Waals surface area contributed by atoms with E-state index in [9.17, 15) is 0 Å². The van der Waals surface area contributed by atoms with E-state index in [-0.39, 0.29) is 0 Å². The summed E-state index contributed by atoms with van der Waals surface area (Å²) in [7, 11) is 2.04. The average molecular weight is 171 g/mol. The summed E-state index contributed by atoms with van der Waals surface area (Å²) in [6, 6.07) is 0.590. The third-order valence-electron chi connectivity index (χ3n) is 2.65. The van der Waals surface area contributed by atoms with Crippen LogP contribution in [0, 0.1) is 0 Å². The lowest BCUT2D eigenvalue weighted by Gasteiger charge is -2.21. The van der Waals surface area contributed by atoms with Gasteiger partial charge < -0.3 is 10.1 Å². The molecule has 1 N–H and O–H groups in total. The molecule has 2 atom stereocenters. The summed E-state index contributed by atoms with van der Waals surface area (Å²) in [5.41, 5.74) is 0. The minimum atomic E-state index is 0.488. The van der Waals surface area contributed by atoms with Crippen molar-refractivity contribution in [2.45, 2.75) is 51.2 Å². The molecule has 1 rings (SSSR count). The van der Waals surface area contributed by atoms with Crippen LogP contribution in [-0.4, -0.2) is 25.8 Å². The number of hydrogen-bond donors (Lipinski definition) is 1. The summed E-state index contributed by atoms with van der Waals surface area (Å²) in [5, 5.41) is 3.35. The van der Waals surface area contributed by atoms with Crippen molar-refractivity contribution < 1.29 is 4.74 Å². The predicted octanol–water partition coefficient (Wildman–Crippen LogP) is 1.94. The molecule has 0 aliphatic carbocycles. The van der Waals surface area contributed by atoms with Crippen molar-refractivity contribution in [1.82, 2.24) is 5.32 Å². The molecule has 1 fully saturated rings. The smallest absolute Gasteiger partial charge is 0.0728 e. The molecule has 72 valence electrons. The number of hydrogen-bond acceptors (Lipinski definition) is 2. The van der Waals surface area contributed by atoms with Gasteiger partial charge in [0.15, 0.2) is 0 Å². The molecule has 2 nitrogen and oxygen atoms in total. The Morgan fingerprint density at radius 2 is 2.42 bits per heavy atom. The molecule has 0 aromatic heterocycles. The number of likely N-dealkylation sites (N-methyl/N-ethyl adjacent to an activating group) is 1. The van der Waals surface area contributed by atoms with E-state index in [1.807, 2.05) is 7.05 Å². The van der Waals surface area contributed by atoms with E-state index in [1.165, 1.54) is 32.1 Å². The minimum Gasteiger partial charge on any atom is -0.377 e. The Morgan fingerprint density at radius 1 is 1.58 bits per heavy atom. The van der Waals surface area contributed by atoms with Gasteiger partial charge in [0.05, 0.1) is 6.10 Å². The Kier molecular flexibility index (Phi) is 4.62. The van der Waals surface area contributed by atoms with E-state index in [4.69, 9.17) is 4.74 Å². The average Bonchev–Trinajstić information content (AvgIpc) is 2.59. The van der Waals surface area contributed by atoms with Gasteiger partial charge in [-0.25, -0.2) is 0 Å². The lowest BCUT2D eigenvalue weighted by atomic mass is 10.0. The number of rotatable bonds is 5. The monoisotopic (exact) mass is 171 g/mol. The molecule has 2 unspecified atom stereocenters. The van der Waals surface area contributed by atoms with Crippen LogP contribution >= 0.6 is 0 Å². The van der Waals surface area contributed by atoms with Gasteiger partial charge in [-0.1, -0.05) is 19.8 Å². The topological polar surface area (TPSA) is 21.3 Å². The van der Waals surface area contributed by atoms with Gasteiger partial charge in [0.2, 0.25) is 0 Å². The van der Waals surface area contributed by atoms with Gasteiger partial charge >= 0.3 is 0 Å². The molecule has 0 amide bonds. The Morgan fingerprint density at radius 3 is 2.92 bits per heavy atom. The van der Waals surface area contributed by atoms with Gasteiger partial charge in [-0.2, -0.15) is 0 Å². The normalized spacial score (nSPS) is 26.0. The largest absolute Gasteiger partial charge is 0.377 e. The Labute approximate surface area is 75.7 Å². The molecule has 0 aromatic carbocycles. The Bertz CT molecular complexity index is 110. The molecule has 12 heavy (non-hydrogen) atoms. The summed E-state index contributed by atoms with van der Waals surface area (Å²) in [6.45, 7) is 3.21. The predicted molar refractivity (Wildman–Crippen MR) is 51.3 cm³/mol. The van der Waals surface area contributed by atoms with Gasteiger partial charge in [0, 0.05) is 12.6 Å². The van der Waals surface area contributed by atoms with Crippen LogP contribution in [0.15, 0.2) is 0 Å². The second-order valence-corrected chi connectivity index (χ2v) is 3.59. The fraction of sp³-hybridized carbons (Fsp3) is 1.00. The first kappa shape index (κ1) is 10.0. The third-order valence-corrected chi connectivity index (χ3v) is 2.65. The van der Waals surface area contributed by atoms with Crippen LogP contribution in [0.4, 0.5) is 0 Å². The van der Waals surface area contributed by atoms with E-state index >= 15 is 0 Å². The van der Waals surface area contributed by atoms with Crippen molar-refractivity contribution in [3.8, 4) is 0 Å². The third kappa shape index (κ3) is 2.76. The maximum Gasteiger partial charge on any atom is 0.0728 e. The number of unbranched alkanes of at least 4 members (excludes halogenated alkanes) is 1. The molecule has 0 saturated carbocycles. The van der Waals surface area contributed by atoms with Crippen LogP contribution in [-0.2, 0) is 4.74 Å². The molecule has 0 aromatic rings. The molecular formula is C10H21NO. The SMILES string of the molecule is CCCCC(NC)C1CCCO1. The molecule has 0 radical (unpaired) electrons. The fourth-order valence-electron chi connectivity index (χ4n) is 1.86. The van der Waals surface area contributed by atoms with Crippen molar-refractivity contribution >= 4 is 0 Å². The standard InChI is InChI=1S/C10H21NO/c1-3-4-6-9(11-2)10-7-5-8-12-10/h9-11H,3-8H2,1-2H3. The fourth-order valence-corrected chi connectivity index (χ4v) is 1.86. The van der Waals surface area contributed by atoms with Gasteiger partial charge in [0.1, 0.15) is 0 Å². The van der Waals surface area contributed by atoms with Crippen molar-refractivity contribution in [1.29, 1.82) is 0 Å². The van der Waals surface area contributed by atoms with Gasteiger partial charge in [-0.05, 0) is 26.3 Å². The lowest BCUT2D eigenvalue weighted by Crippen LogP contribution is -2.37. The highest BCUT2D eigenvalue weighted by molar-refractivity contribution is 4.78. The zero-order valence-electron chi connectivity index (χ0n) is 8.31. The second kappa shape index (κ2) is 5.55. The highest BCUT2D eigenvalue weighted by atomic mass is 16.5. The molecule has 1 saturated heterocycles. The van der Waals surface area contributed by atoms with Crippen molar-refractivity contribution in [2.75, 3.05) is 13.7 Å².